The first-order valence-electron chi connectivity index (χ1n) is 4.19. The van der Waals surface area contributed by atoms with Crippen LogP contribution in [0.2, 0.25) is 0 Å². The van der Waals surface area contributed by atoms with Crippen molar-refractivity contribution in [2.75, 3.05) is 19.8 Å². The highest BCUT2D eigenvalue weighted by atomic mass is 16.5. The Morgan fingerprint density at radius 3 is 1.90 bits per heavy atom. The van der Waals surface area contributed by atoms with E-state index in [1.165, 1.54) is 25.7 Å². The van der Waals surface area contributed by atoms with Crippen molar-refractivity contribution in [1.29, 1.82) is 0 Å². The van der Waals surface area contributed by atoms with Crippen molar-refractivity contribution in [3.05, 3.63) is 0 Å². The van der Waals surface area contributed by atoms with Gasteiger partial charge in [-0.1, -0.05) is 19.8 Å². The summed E-state index contributed by atoms with van der Waals surface area (Å²) in [6.07, 6.45) is 5.03. The minimum Gasteiger partial charge on any atom is -0.381 e. The van der Waals surface area contributed by atoms with E-state index in [-0.39, 0.29) is 0 Å². The van der Waals surface area contributed by atoms with E-state index in [4.69, 9.17) is 10.5 Å². The summed E-state index contributed by atoms with van der Waals surface area (Å²) in [5.41, 5.74) is 5.21. The molecule has 0 spiro atoms. The van der Waals surface area contributed by atoms with Gasteiger partial charge in [-0.15, -0.1) is 0 Å². The highest BCUT2D eigenvalue weighted by molar-refractivity contribution is 4.41. The molecule has 2 N–H and O–H groups in total. The molecule has 0 saturated carbocycles. The predicted octanol–water partition coefficient (Wildman–Crippen LogP) is 1.54. The molecule has 0 unspecified atom stereocenters. The molecule has 1 heterocycles. The third-order valence-corrected chi connectivity index (χ3v) is 1.39. The fourth-order valence-electron chi connectivity index (χ4n) is 0.539. The van der Waals surface area contributed by atoms with Crippen LogP contribution in [-0.4, -0.2) is 19.8 Å². The molecule has 1 rings (SSSR count). The summed E-state index contributed by atoms with van der Waals surface area (Å²) in [4.78, 5) is 0. The van der Waals surface area contributed by atoms with Gasteiger partial charge < -0.3 is 10.5 Å². The molecule has 1 fully saturated rings. The van der Waals surface area contributed by atoms with Crippen LogP contribution in [-0.2, 0) is 4.74 Å². The third kappa shape index (κ3) is 7.92. The topological polar surface area (TPSA) is 35.2 Å². The molecule has 2 heteroatoms. The lowest BCUT2D eigenvalue weighted by molar-refractivity contribution is 0.0367. The fourth-order valence-corrected chi connectivity index (χ4v) is 0.539. The molecule has 0 radical (unpaired) electrons. The van der Waals surface area contributed by atoms with Crippen molar-refractivity contribution in [3.8, 4) is 0 Å². The Balaban J connectivity index is 0.000000172. The van der Waals surface area contributed by atoms with Crippen molar-refractivity contribution in [2.45, 2.75) is 32.6 Å². The van der Waals surface area contributed by atoms with Gasteiger partial charge in [-0.05, 0) is 19.4 Å². The Morgan fingerprint density at radius 2 is 1.80 bits per heavy atom. The van der Waals surface area contributed by atoms with Crippen LogP contribution in [0.4, 0.5) is 0 Å². The molecule has 1 aliphatic rings. The highest BCUT2D eigenvalue weighted by Crippen LogP contribution is 1.93. The van der Waals surface area contributed by atoms with Crippen LogP contribution in [0.3, 0.4) is 0 Å². The SMILES string of the molecule is C1COC1.CCCCCN. The first-order chi connectivity index (χ1) is 4.91. The molecule has 0 bridgehead atoms. The minimum atomic E-state index is 0.855. The Labute approximate surface area is 63.7 Å². The monoisotopic (exact) mass is 145 g/mol. The quantitative estimate of drug-likeness (QED) is 0.611. The highest BCUT2D eigenvalue weighted by Gasteiger charge is 1.94. The molecule has 1 saturated heterocycles. The Kier molecular flexibility index (Phi) is 8.85. The van der Waals surface area contributed by atoms with Gasteiger partial charge in [0.2, 0.25) is 0 Å². The molecule has 10 heavy (non-hydrogen) atoms. The maximum absolute atomic E-state index is 5.21. The molecule has 1 aliphatic heterocycles. The van der Waals surface area contributed by atoms with Gasteiger partial charge in [0.05, 0.1) is 0 Å². The molecule has 0 atom stereocenters. The first kappa shape index (κ1) is 9.92. The minimum absolute atomic E-state index is 0.855. The third-order valence-electron chi connectivity index (χ3n) is 1.39. The smallest absolute Gasteiger partial charge is 0.0488 e. The lowest BCUT2D eigenvalue weighted by Gasteiger charge is -2.09. The van der Waals surface area contributed by atoms with Gasteiger partial charge in [-0.25, -0.2) is 0 Å². The summed E-state index contributed by atoms with van der Waals surface area (Å²) in [5, 5.41) is 0. The summed E-state index contributed by atoms with van der Waals surface area (Å²) in [5.74, 6) is 0. The zero-order chi connectivity index (χ0) is 7.66. The molecule has 2 nitrogen and oxygen atoms in total. The Morgan fingerprint density at radius 1 is 1.30 bits per heavy atom. The van der Waals surface area contributed by atoms with E-state index in [0.29, 0.717) is 0 Å². The Hall–Kier alpha value is -0.0800. The van der Waals surface area contributed by atoms with E-state index < -0.39 is 0 Å². The van der Waals surface area contributed by atoms with Crippen LogP contribution < -0.4 is 5.73 Å². The Bertz CT molecular complexity index is 45.2. The maximum Gasteiger partial charge on any atom is 0.0488 e. The number of ether oxygens (including phenoxy) is 1. The summed E-state index contributed by atoms with van der Waals surface area (Å²) in [7, 11) is 0. The van der Waals surface area contributed by atoms with Gasteiger partial charge in [0.15, 0.2) is 0 Å². The lowest BCUT2D eigenvalue weighted by atomic mass is 10.3. The first-order valence-corrected chi connectivity index (χ1v) is 4.19. The molecule has 0 aliphatic carbocycles. The molecule has 0 amide bonds. The normalized spacial score (nSPS) is 15.0. The molecule has 0 aromatic heterocycles. The van der Waals surface area contributed by atoms with E-state index in [9.17, 15) is 0 Å². The second kappa shape index (κ2) is 8.92. The largest absolute Gasteiger partial charge is 0.381 e. The summed E-state index contributed by atoms with van der Waals surface area (Å²) >= 11 is 0. The molecule has 62 valence electrons. The van der Waals surface area contributed by atoms with Crippen molar-refractivity contribution < 1.29 is 4.74 Å². The maximum atomic E-state index is 5.21. The van der Waals surface area contributed by atoms with E-state index in [1.54, 1.807) is 0 Å². The molecular formula is C8H19NO. The fraction of sp³-hybridized carbons (Fsp3) is 1.00. The van der Waals surface area contributed by atoms with Crippen molar-refractivity contribution >= 4 is 0 Å². The van der Waals surface area contributed by atoms with Gasteiger partial charge in [0.25, 0.3) is 0 Å². The van der Waals surface area contributed by atoms with Gasteiger partial charge in [-0.3, -0.25) is 0 Å². The zero-order valence-electron chi connectivity index (χ0n) is 6.94. The van der Waals surface area contributed by atoms with E-state index in [0.717, 1.165) is 19.8 Å². The van der Waals surface area contributed by atoms with Crippen molar-refractivity contribution in [3.63, 3.8) is 0 Å². The second-order valence-corrected chi connectivity index (χ2v) is 2.46. The van der Waals surface area contributed by atoms with Crippen LogP contribution in [0.15, 0.2) is 0 Å². The van der Waals surface area contributed by atoms with Crippen LogP contribution in [0.5, 0.6) is 0 Å². The average Bonchev–Trinajstić information content (AvgIpc) is 1.79. The van der Waals surface area contributed by atoms with Gasteiger partial charge in [-0.2, -0.15) is 0 Å². The van der Waals surface area contributed by atoms with Crippen molar-refractivity contribution in [1.82, 2.24) is 0 Å². The van der Waals surface area contributed by atoms with Crippen LogP contribution in [0.25, 0.3) is 0 Å². The van der Waals surface area contributed by atoms with Gasteiger partial charge in [0, 0.05) is 13.2 Å². The van der Waals surface area contributed by atoms with E-state index in [2.05, 4.69) is 6.92 Å². The van der Waals surface area contributed by atoms with Crippen LogP contribution >= 0.6 is 0 Å². The summed E-state index contributed by atoms with van der Waals surface area (Å²) in [6.45, 7) is 5.03. The molecular weight excluding hydrogens is 126 g/mol. The molecule has 0 aromatic carbocycles. The van der Waals surface area contributed by atoms with Gasteiger partial charge in [0.1, 0.15) is 0 Å². The number of rotatable bonds is 3. The van der Waals surface area contributed by atoms with E-state index in [1.807, 2.05) is 0 Å². The van der Waals surface area contributed by atoms with Crippen LogP contribution in [0.1, 0.15) is 32.6 Å². The summed E-state index contributed by atoms with van der Waals surface area (Å²) < 4.78 is 4.72. The predicted molar refractivity (Wildman–Crippen MR) is 44.0 cm³/mol. The second-order valence-electron chi connectivity index (χ2n) is 2.46. The number of hydrogen-bond donors (Lipinski definition) is 1. The number of unbranched alkanes of at least 4 members (excludes halogenated alkanes) is 2. The number of nitrogens with two attached hydrogens (primary N) is 1. The van der Waals surface area contributed by atoms with Gasteiger partial charge >= 0.3 is 0 Å². The van der Waals surface area contributed by atoms with Crippen molar-refractivity contribution in [2.24, 2.45) is 5.73 Å². The standard InChI is InChI=1S/C5H13N.C3H6O/c1-2-3-4-5-6;1-2-4-3-1/h2-6H2,1H3;1-3H2. The average molecular weight is 145 g/mol. The van der Waals surface area contributed by atoms with Crippen LogP contribution in [0, 0.1) is 0 Å². The lowest BCUT2D eigenvalue weighted by Crippen LogP contribution is -2.09. The van der Waals surface area contributed by atoms with E-state index >= 15 is 0 Å². The zero-order valence-corrected chi connectivity index (χ0v) is 6.94. The molecule has 0 aromatic rings. The summed E-state index contributed by atoms with van der Waals surface area (Å²) in [6, 6.07) is 0. The number of hydrogen-bond acceptors (Lipinski definition) is 2.